The second kappa shape index (κ2) is 5.04. The second-order valence-electron chi connectivity index (χ2n) is 6.47. The molecule has 2 unspecified atom stereocenters. The Morgan fingerprint density at radius 1 is 1.35 bits per heavy atom. The summed E-state index contributed by atoms with van der Waals surface area (Å²) in [5.41, 5.74) is 2.24. The average molecular weight is 343 g/mol. The fourth-order valence-corrected chi connectivity index (χ4v) is 5.91. The van der Waals surface area contributed by atoms with Crippen molar-refractivity contribution >= 4 is 23.5 Å². The molecule has 4 aliphatic rings. The molecule has 3 nitrogen and oxygen atoms in total. The maximum Gasteiger partial charge on any atom is 0.135 e. The Bertz CT molecular complexity index is 826. The van der Waals surface area contributed by atoms with Gasteiger partial charge in [0.1, 0.15) is 10.8 Å². The van der Waals surface area contributed by atoms with Gasteiger partial charge in [-0.25, -0.2) is 4.39 Å². The number of nitrogens with zero attached hydrogens (tertiary/aromatic N) is 3. The minimum atomic E-state index is -0.246. The molecular weight excluding hydrogens is 329 g/mol. The Balaban J connectivity index is 1.29. The second-order valence-corrected chi connectivity index (χ2v) is 7.96. The Hall–Kier alpha value is -1.42. The molecule has 23 heavy (non-hydrogen) atoms. The molecule has 4 bridgehead atoms. The predicted molar refractivity (Wildman–Crippen MR) is 89.0 cm³/mol. The molecule has 1 aromatic heterocycles. The lowest BCUT2D eigenvalue weighted by atomic mass is 10.0. The molecule has 6 rings (SSSR count). The molecule has 0 N–H and O–H groups in total. The van der Waals surface area contributed by atoms with Crippen LogP contribution in [0.15, 0.2) is 29.3 Å². The summed E-state index contributed by atoms with van der Waals surface area (Å²) >= 11 is 2.98. The molecule has 3 aliphatic heterocycles. The van der Waals surface area contributed by atoms with Gasteiger partial charge in [-0.15, -0.1) is 0 Å². The number of benzene rings is 1. The van der Waals surface area contributed by atoms with E-state index in [4.69, 9.17) is 0 Å². The summed E-state index contributed by atoms with van der Waals surface area (Å²) in [6.07, 6.45) is 0. The smallest absolute Gasteiger partial charge is 0.135 e. The van der Waals surface area contributed by atoms with E-state index in [1.165, 1.54) is 42.6 Å². The minimum Gasteiger partial charge on any atom is -0.302 e. The van der Waals surface area contributed by atoms with E-state index in [1.807, 2.05) is 6.07 Å². The topological polar surface area (TPSA) is 29.0 Å². The number of piperidine rings is 3. The van der Waals surface area contributed by atoms with Crippen LogP contribution in [0.3, 0.4) is 0 Å². The summed E-state index contributed by atoms with van der Waals surface area (Å²) in [6.45, 7) is 3.65. The number of hydrogen-bond acceptors (Lipinski definition) is 5. The summed E-state index contributed by atoms with van der Waals surface area (Å²) in [7, 11) is 0. The van der Waals surface area contributed by atoms with Gasteiger partial charge in [0, 0.05) is 30.6 Å². The van der Waals surface area contributed by atoms with E-state index in [0.29, 0.717) is 16.7 Å². The normalized spacial score (nSPS) is 32.7. The first kappa shape index (κ1) is 14.0. The van der Waals surface area contributed by atoms with E-state index in [0.717, 1.165) is 23.4 Å². The van der Waals surface area contributed by atoms with Crippen LogP contribution in [0.25, 0.3) is 0 Å². The van der Waals surface area contributed by atoms with Crippen LogP contribution < -0.4 is 0 Å². The van der Waals surface area contributed by atoms with Crippen LogP contribution in [0.5, 0.6) is 0 Å². The molecule has 4 atom stereocenters. The fraction of sp³-hybridized carbons (Fsp3) is 0.412. The van der Waals surface area contributed by atoms with Crippen LogP contribution in [-0.2, 0) is 5.41 Å². The zero-order valence-corrected chi connectivity index (χ0v) is 14.0. The standard InChI is InChI=1S/C17H14FN3S2/c18-12-5-1-3-11(7-12)4-2-6-22-16-15(19-23-20-16)17-10-21-8-13(17)14(17)9-21/h1,3,5,7,13-14H,6,8-10H2/t13-,14+,17?. The zero-order valence-electron chi connectivity index (χ0n) is 12.3. The molecule has 4 fully saturated rings. The Labute approximate surface area is 142 Å². The monoisotopic (exact) mass is 343 g/mol. The van der Waals surface area contributed by atoms with Crippen molar-refractivity contribution in [1.82, 2.24) is 13.6 Å². The van der Waals surface area contributed by atoms with Gasteiger partial charge in [-0.1, -0.05) is 29.7 Å². The van der Waals surface area contributed by atoms with Gasteiger partial charge in [0.15, 0.2) is 0 Å². The molecule has 3 saturated heterocycles. The third kappa shape index (κ3) is 2.07. The van der Waals surface area contributed by atoms with E-state index in [1.54, 1.807) is 17.8 Å². The lowest BCUT2D eigenvalue weighted by Gasteiger charge is -2.08. The SMILES string of the molecule is Fc1cccc(C#CCSc2nsnc2C23CN4C[C@@H]2[C@@H]3C4)c1. The number of aromatic nitrogens is 2. The Morgan fingerprint density at radius 3 is 2.96 bits per heavy atom. The van der Waals surface area contributed by atoms with Gasteiger partial charge in [0.2, 0.25) is 0 Å². The molecule has 4 heterocycles. The van der Waals surface area contributed by atoms with Crippen LogP contribution in [0, 0.1) is 29.5 Å². The van der Waals surface area contributed by atoms with Gasteiger partial charge >= 0.3 is 0 Å². The van der Waals surface area contributed by atoms with Crippen molar-refractivity contribution in [1.29, 1.82) is 0 Å². The third-order valence-corrected chi connectivity index (χ3v) is 6.82. The summed E-state index contributed by atoms with van der Waals surface area (Å²) in [4.78, 5) is 2.55. The molecule has 0 radical (unpaired) electrons. The largest absolute Gasteiger partial charge is 0.302 e. The molecule has 1 saturated carbocycles. The summed E-state index contributed by atoms with van der Waals surface area (Å²) in [6, 6.07) is 6.40. The van der Waals surface area contributed by atoms with Crippen LogP contribution in [0.2, 0.25) is 0 Å². The molecule has 2 aromatic rings. The van der Waals surface area contributed by atoms with Crippen molar-refractivity contribution in [3.63, 3.8) is 0 Å². The first-order valence-electron chi connectivity index (χ1n) is 7.70. The minimum absolute atomic E-state index is 0.246. The van der Waals surface area contributed by atoms with Gasteiger partial charge in [0.25, 0.3) is 0 Å². The van der Waals surface area contributed by atoms with Crippen molar-refractivity contribution in [3.8, 4) is 11.8 Å². The molecular formula is C17H14FN3S2. The first-order chi connectivity index (χ1) is 11.3. The molecule has 6 heteroatoms. The van der Waals surface area contributed by atoms with E-state index in [2.05, 4.69) is 25.5 Å². The summed E-state index contributed by atoms with van der Waals surface area (Å²) in [5.74, 6) is 8.15. The van der Waals surface area contributed by atoms with Gasteiger partial charge in [0.05, 0.1) is 23.2 Å². The lowest BCUT2D eigenvalue weighted by Crippen LogP contribution is -2.16. The van der Waals surface area contributed by atoms with E-state index in [9.17, 15) is 4.39 Å². The quantitative estimate of drug-likeness (QED) is 0.633. The highest BCUT2D eigenvalue weighted by Gasteiger charge is 2.76. The van der Waals surface area contributed by atoms with E-state index < -0.39 is 0 Å². The van der Waals surface area contributed by atoms with Crippen molar-refractivity contribution in [2.45, 2.75) is 10.4 Å². The van der Waals surface area contributed by atoms with Crippen LogP contribution in [-0.4, -0.2) is 39.0 Å². The average Bonchev–Trinajstić information content (AvgIpc) is 3.14. The highest BCUT2D eigenvalue weighted by molar-refractivity contribution is 7.99. The van der Waals surface area contributed by atoms with Crippen LogP contribution in [0.1, 0.15) is 11.3 Å². The van der Waals surface area contributed by atoms with E-state index >= 15 is 0 Å². The Kier molecular flexibility index (Phi) is 3.06. The van der Waals surface area contributed by atoms with Gasteiger partial charge < -0.3 is 4.90 Å². The number of halogens is 1. The van der Waals surface area contributed by atoms with Gasteiger partial charge in [-0.3, -0.25) is 0 Å². The highest BCUT2D eigenvalue weighted by Crippen LogP contribution is 2.69. The molecule has 0 spiro atoms. The van der Waals surface area contributed by atoms with Gasteiger partial charge in [-0.2, -0.15) is 8.75 Å². The molecule has 1 aromatic carbocycles. The number of hydrogen-bond donors (Lipinski definition) is 0. The maximum atomic E-state index is 13.1. The van der Waals surface area contributed by atoms with Crippen molar-refractivity contribution < 1.29 is 4.39 Å². The fourth-order valence-electron chi connectivity index (χ4n) is 4.34. The van der Waals surface area contributed by atoms with Crippen LogP contribution in [0.4, 0.5) is 4.39 Å². The third-order valence-electron chi connectivity index (χ3n) is 5.33. The predicted octanol–water partition coefficient (Wildman–Crippen LogP) is 2.63. The lowest BCUT2D eigenvalue weighted by molar-refractivity contribution is 0.405. The van der Waals surface area contributed by atoms with Gasteiger partial charge in [-0.05, 0) is 30.0 Å². The Morgan fingerprint density at radius 2 is 2.22 bits per heavy atom. The summed E-state index contributed by atoms with van der Waals surface area (Å²) < 4.78 is 22.2. The zero-order chi connectivity index (χ0) is 15.4. The van der Waals surface area contributed by atoms with Crippen molar-refractivity contribution in [2.75, 3.05) is 25.4 Å². The maximum absolute atomic E-state index is 13.1. The summed E-state index contributed by atoms with van der Waals surface area (Å²) in [5, 5.41) is 1.06. The molecule has 116 valence electrons. The number of thioether (sulfide) groups is 1. The van der Waals surface area contributed by atoms with Crippen molar-refractivity contribution in [3.05, 3.63) is 41.3 Å². The molecule has 1 aliphatic carbocycles. The van der Waals surface area contributed by atoms with E-state index in [-0.39, 0.29) is 5.82 Å². The first-order valence-corrected chi connectivity index (χ1v) is 9.41. The molecule has 0 amide bonds. The van der Waals surface area contributed by atoms with Crippen molar-refractivity contribution in [2.24, 2.45) is 11.8 Å². The number of rotatable bonds is 3. The highest BCUT2D eigenvalue weighted by atomic mass is 32.2. The van der Waals surface area contributed by atoms with Crippen LogP contribution >= 0.6 is 23.5 Å².